The van der Waals surface area contributed by atoms with E-state index in [-0.39, 0.29) is 11.2 Å². The number of nitro benzene ring substituents is 1. The average Bonchev–Trinajstić information content (AvgIpc) is 2.68. The predicted molar refractivity (Wildman–Crippen MR) is 104 cm³/mol. The Labute approximate surface area is 158 Å². The minimum Gasteiger partial charge on any atom is -0.268 e. The zero-order chi connectivity index (χ0) is 19.0. The number of fused-ring (bicyclic) bond motifs is 1. The van der Waals surface area contributed by atoms with Gasteiger partial charge in [-0.1, -0.05) is 29.8 Å². The van der Waals surface area contributed by atoms with Gasteiger partial charge < -0.3 is 0 Å². The number of benzene rings is 3. The van der Waals surface area contributed by atoms with E-state index in [1.165, 1.54) is 16.7 Å². The van der Waals surface area contributed by atoms with Crippen molar-refractivity contribution in [3.63, 3.8) is 0 Å². The molecule has 27 heavy (non-hydrogen) atoms. The molecule has 0 radical (unpaired) electrons. The highest BCUT2D eigenvalue weighted by molar-refractivity contribution is 6.30. The van der Waals surface area contributed by atoms with Gasteiger partial charge in [0.05, 0.1) is 21.5 Å². The molecule has 7 heteroatoms. The summed E-state index contributed by atoms with van der Waals surface area (Å²) in [7, 11) is 0. The van der Waals surface area contributed by atoms with E-state index < -0.39 is 4.92 Å². The highest BCUT2D eigenvalue weighted by Gasteiger charge is 2.16. The number of hydrogen-bond acceptors (Lipinski definition) is 4. The number of hydrogen-bond donors (Lipinski definition) is 0. The maximum absolute atomic E-state index is 13.2. The Morgan fingerprint density at radius 3 is 2.44 bits per heavy atom. The van der Waals surface area contributed by atoms with E-state index in [0.29, 0.717) is 33.0 Å². The number of halogens is 1. The topological polar surface area (TPSA) is 78.0 Å². The number of aromatic nitrogens is 2. The number of para-hydroxylation sites is 1. The monoisotopic (exact) mass is 377 g/mol. The fourth-order valence-electron chi connectivity index (χ4n) is 2.91. The molecular weight excluding hydrogens is 366 g/mol. The van der Waals surface area contributed by atoms with Gasteiger partial charge in [0.15, 0.2) is 0 Å². The van der Waals surface area contributed by atoms with Gasteiger partial charge in [-0.2, -0.15) is 0 Å². The lowest BCUT2D eigenvalue weighted by atomic mass is 10.1. The van der Waals surface area contributed by atoms with Gasteiger partial charge in [-0.3, -0.25) is 19.5 Å². The lowest BCUT2D eigenvalue weighted by Crippen LogP contribution is -2.22. The molecule has 0 aliphatic heterocycles. The molecule has 0 bridgehead atoms. The van der Waals surface area contributed by atoms with Crippen LogP contribution in [-0.2, 0) is 0 Å². The van der Waals surface area contributed by atoms with Crippen LogP contribution in [0.15, 0.2) is 77.6 Å². The summed E-state index contributed by atoms with van der Waals surface area (Å²) in [6.07, 6.45) is 0. The molecule has 0 aliphatic rings. The van der Waals surface area contributed by atoms with E-state index >= 15 is 0 Å². The fraction of sp³-hybridized carbons (Fsp3) is 0. The molecule has 0 fully saturated rings. The van der Waals surface area contributed by atoms with E-state index in [9.17, 15) is 14.9 Å². The molecule has 4 aromatic rings. The van der Waals surface area contributed by atoms with Crippen LogP contribution in [0.25, 0.3) is 28.0 Å². The Hall–Kier alpha value is -3.51. The first-order valence-electron chi connectivity index (χ1n) is 8.07. The molecular formula is C20H12ClN3O3. The Morgan fingerprint density at radius 2 is 1.70 bits per heavy atom. The van der Waals surface area contributed by atoms with Crippen molar-refractivity contribution in [3.8, 4) is 17.1 Å². The molecule has 4 rings (SSSR count). The second-order valence-electron chi connectivity index (χ2n) is 5.88. The lowest BCUT2D eigenvalue weighted by Gasteiger charge is -2.14. The Bertz CT molecular complexity index is 1230. The Kier molecular flexibility index (Phi) is 4.18. The first-order valence-corrected chi connectivity index (χ1v) is 8.45. The first-order chi connectivity index (χ1) is 13.0. The molecule has 6 nitrogen and oxygen atoms in total. The van der Waals surface area contributed by atoms with Gasteiger partial charge >= 0.3 is 0 Å². The van der Waals surface area contributed by atoms with Crippen LogP contribution < -0.4 is 5.56 Å². The largest absolute Gasteiger partial charge is 0.271 e. The highest BCUT2D eigenvalue weighted by atomic mass is 35.5. The van der Waals surface area contributed by atoms with Gasteiger partial charge in [0.1, 0.15) is 5.82 Å². The van der Waals surface area contributed by atoms with Gasteiger partial charge in [-0.05, 0) is 42.5 Å². The van der Waals surface area contributed by atoms with Gasteiger partial charge in [0.2, 0.25) is 0 Å². The minimum absolute atomic E-state index is 0.102. The minimum atomic E-state index is -0.495. The fourth-order valence-corrected chi connectivity index (χ4v) is 3.04. The van der Waals surface area contributed by atoms with Crippen LogP contribution >= 0.6 is 11.6 Å². The molecule has 3 aromatic carbocycles. The summed E-state index contributed by atoms with van der Waals surface area (Å²) in [4.78, 5) is 28.5. The van der Waals surface area contributed by atoms with Crippen molar-refractivity contribution in [1.82, 2.24) is 9.55 Å². The average molecular weight is 378 g/mol. The molecule has 1 aromatic heterocycles. The first kappa shape index (κ1) is 16.9. The van der Waals surface area contributed by atoms with Crippen molar-refractivity contribution in [1.29, 1.82) is 0 Å². The van der Waals surface area contributed by atoms with Crippen molar-refractivity contribution < 1.29 is 4.92 Å². The number of rotatable bonds is 3. The summed E-state index contributed by atoms with van der Waals surface area (Å²) < 4.78 is 1.39. The number of nitrogens with zero attached hydrogens (tertiary/aromatic N) is 3. The second kappa shape index (κ2) is 6.66. The SMILES string of the molecule is O=c1c2ccccc2nc(-c2ccc(Cl)cc2)n1-c1cccc([N+](=O)[O-])c1. The van der Waals surface area contributed by atoms with E-state index in [1.807, 2.05) is 0 Å². The zero-order valence-corrected chi connectivity index (χ0v) is 14.6. The van der Waals surface area contributed by atoms with Crippen molar-refractivity contribution in [2.24, 2.45) is 0 Å². The van der Waals surface area contributed by atoms with Gasteiger partial charge in [-0.25, -0.2) is 4.98 Å². The maximum Gasteiger partial charge on any atom is 0.271 e. The highest BCUT2D eigenvalue weighted by Crippen LogP contribution is 2.25. The van der Waals surface area contributed by atoms with E-state index in [4.69, 9.17) is 11.6 Å². The van der Waals surface area contributed by atoms with Gasteiger partial charge in [-0.15, -0.1) is 0 Å². The van der Waals surface area contributed by atoms with Crippen molar-refractivity contribution in [2.45, 2.75) is 0 Å². The van der Waals surface area contributed by atoms with Crippen LogP contribution in [-0.4, -0.2) is 14.5 Å². The summed E-state index contributed by atoms with van der Waals surface area (Å²) in [5, 5.41) is 12.2. The summed E-state index contributed by atoms with van der Waals surface area (Å²) in [5.74, 6) is 0.385. The van der Waals surface area contributed by atoms with Gasteiger partial charge in [0.25, 0.3) is 11.2 Å². The molecule has 0 N–H and O–H groups in total. The third kappa shape index (κ3) is 3.07. The normalized spacial score (nSPS) is 10.9. The zero-order valence-electron chi connectivity index (χ0n) is 13.9. The van der Waals surface area contributed by atoms with Crippen LogP contribution in [0.3, 0.4) is 0 Å². The Balaban J connectivity index is 2.08. The summed E-state index contributed by atoms with van der Waals surface area (Å²) >= 11 is 5.97. The van der Waals surface area contributed by atoms with E-state index in [2.05, 4.69) is 4.98 Å². The van der Waals surface area contributed by atoms with Gasteiger partial charge in [0, 0.05) is 22.7 Å². The molecule has 0 aliphatic carbocycles. The third-order valence-corrected chi connectivity index (χ3v) is 4.43. The maximum atomic E-state index is 13.2. The molecule has 0 spiro atoms. The summed E-state index contributed by atoms with van der Waals surface area (Å²) in [6, 6.07) is 19.8. The molecule has 132 valence electrons. The van der Waals surface area contributed by atoms with Crippen LogP contribution in [0.1, 0.15) is 0 Å². The summed E-state index contributed by atoms with van der Waals surface area (Å²) in [6.45, 7) is 0. The molecule has 1 heterocycles. The van der Waals surface area contributed by atoms with Crippen LogP contribution in [0.4, 0.5) is 5.69 Å². The number of non-ortho nitro benzene ring substituents is 1. The number of nitro groups is 1. The predicted octanol–water partition coefficient (Wildman–Crippen LogP) is 4.61. The molecule has 0 saturated carbocycles. The molecule has 0 saturated heterocycles. The van der Waals surface area contributed by atoms with Crippen molar-refractivity contribution in [2.75, 3.05) is 0 Å². The van der Waals surface area contributed by atoms with Crippen LogP contribution in [0.2, 0.25) is 5.02 Å². The molecule has 0 atom stereocenters. The van der Waals surface area contributed by atoms with E-state index in [0.717, 1.165) is 0 Å². The van der Waals surface area contributed by atoms with Crippen LogP contribution in [0.5, 0.6) is 0 Å². The van der Waals surface area contributed by atoms with E-state index in [1.54, 1.807) is 60.7 Å². The standard InChI is InChI=1S/C20H12ClN3O3/c21-14-10-8-13(9-11-14)19-22-18-7-2-1-6-17(18)20(25)23(19)15-4-3-5-16(12-15)24(26)27/h1-12H. The lowest BCUT2D eigenvalue weighted by molar-refractivity contribution is -0.384. The molecule has 0 amide bonds. The van der Waals surface area contributed by atoms with Crippen LogP contribution in [0, 0.1) is 10.1 Å². The quantitative estimate of drug-likeness (QED) is 0.385. The van der Waals surface area contributed by atoms with Crippen molar-refractivity contribution in [3.05, 3.63) is 98.3 Å². The second-order valence-corrected chi connectivity index (χ2v) is 6.31. The Morgan fingerprint density at radius 1 is 0.963 bits per heavy atom. The van der Waals surface area contributed by atoms with Crippen molar-refractivity contribution >= 4 is 28.2 Å². The molecule has 0 unspecified atom stereocenters. The summed E-state index contributed by atoms with van der Waals surface area (Å²) in [5.41, 5.74) is 1.20. The smallest absolute Gasteiger partial charge is 0.268 e. The third-order valence-electron chi connectivity index (χ3n) is 4.18.